The van der Waals surface area contributed by atoms with E-state index in [-0.39, 0.29) is 11.8 Å². The monoisotopic (exact) mass is 442 g/mol. The zero-order chi connectivity index (χ0) is 20.9. The molecule has 2 heterocycles. The number of thioether (sulfide) groups is 1. The van der Waals surface area contributed by atoms with Crippen LogP contribution in [0.4, 0.5) is 0 Å². The maximum atomic E-state index is 13.3. The summed E-state index contributed by atoms with van der Waals surface area (Å²) in [6, 6.07) is 17.1. The van der Waals surface area contributed by atoms with E-state index in [0.29, 0.717) is 47.6 Å². The first-order valence-corrected chi connectivity index (χ1v) is 11.3. The average molecular weight is 443 g/mol. The summed E-state index contributed by atoms with van der Waals surface area (Å²) in [6.45, 7) is 4.06. The van der Waals surface area contributed by atoms with E-state index in [1.807, 2.05) is 30.3 Å². The van der Waals surface area contributed by atoms with Crippen molar-refractivity contribution in [3.63, 3.8) is 0 Å². The van der Waals surface area contributed by atoms with Crippen molar-refractivity contribution in [2.45, 2.75) is 5.75 Å². The third-order valence-corrected chi connectivity index (χ3v) is 6.62. The largest absolute Gasteiger partial charge is 0.379 e. The molecule has 0 aromatic heterocycles. The van der Waals surface area contributed by atoms with Crippen LogP contribution < -0.4 is 0 Å². The zero-order valence-electron chi connectivity index (χ0n) is 16.6. The minimum absolute atomic E-state index is 0.209. The molecule has 0 unspecified atom stereocenters. The van der Waals surface area contributed by atoms with E-state index >= 15 is 0 Å². The highest BCUT2D eigenvalue weighted by atomic mass is 35.5. The van der Waals surface area contributed by atoms with Crippen LogP contribution in [0.15, 0.2) is 59.5 Å². The van der Waals surface area contributed by atoms with Crippen LogP contribution in [0.1, 0.15) is 11.1 Å². The molecule has 156 valence electrons. The molecule has 0 bridgehead atoms. The highest BCUT2D eigenvalue weighted by Gasteiger charge is 2.39. The molecule has 2 aliphatic heterocycles. The second-order valence-corrected chi connectivity index (χ2v) is 8.62. The number of carbonyl (C=O) groups is 2. The maximum Gasteiger partial charge on any atom is 0.268 e. The predicted octanol–water partition coefficient (Wildman–Crippen LogP) is 3.69. The van der Waals surface area contributed by atoms with Crippen molar-refractivity contribution < 1.29 is 14.3 Å². The van der Waals surface area contributed by atoms with Gasteiger partial charge in [-0.05, 0) is 23.3 Å². The highest BCUT2D eigenvalue weighted by molar-refractivity contribution is 8.03. The highest BCUT2D eigenvalue weighted by Crippen LogP contribution is 2.37. The van der Waals surface area contributed by atoms with Gasteiger partial charge in [0.15, 0.2) is 0 Å². The van der Waals surface area contributed by atoms with Gasteiger partial charge in [0.25, 0.3) is 11.8 Å². The third kappa shape index (κ3) is 4.78. The fraction of sp³-hybridized carbons (Fsp3) is 0.304. The van der Waals surface area contributed by atoms with E-state index in [2.05, 4.69) is 4.90 Å². The molecule has 0 aliphatic carbocycles. The van der Waals surface area contributed by atoms with Crippen LogP contribution >= 0.6 is 23.4 Å². The zero-order valence-corrected chi connectivity index (χ0v) is 18.1. The van der Waals surface area contributed by atoms with Crippen LogP contribution in [0.25, 0.3) is 5.57 Å². The van der Waals surface area contributed by atoms with Gasteiger partial charge in [0.2, 0.25) is 0 Å². The van der Waals surface area contributed by atoms with Crippen molar-refractivity contribution >= 4 is 40.8 Å². The van der Waals surface area contributed by atoms with Gasteiger partial charge < -0.3 is 4.74 Å². The van der Waals surface area contributed by atoms with Crippen molar-refractivity contribution in [1.29, 1.82) is 0 Å². The van der Waals surface area contributed by atoms with Gasteiger partial charge in [-0.1, -0.05) is 54.1 Å². The first-order chi connectivity index (χ1) is 14.6. The Morgan fingerprint density at radius 3 is 2.30 bits per heavy atom. The van der Waals surface area contributed by atoms with Crippen LogP contribution in [0.3, 0.4) is 0 Å². The van der Waals surface area contributed by atoms with E-state index < -0.39 is 0 Å². The van der Waals surface area contributed by atoms with Gasteiger partial charge in [-0.15, -0.1) is 11.8 Å². The number of nitrogens with zero attached hydrogens (tertiary/aromatic N) is 2. The van der Waals surface area contributed by atoms with E-state index in [1.165, 1.54) is 16.7 Å². The molecule has 0 saturated carbocycles. The summed E-state index contributed by atoms with van der Waals surface area (Å²) in [4.78, 5) is 30.6. The van der Waals surface area contributed by atoms with Crippen molar-refractivity contribution in [2.75, 3.05) is 39.4 Å². The lowest BCUT2D eigenvalue weighted by Gasteiger charge is -2.28. The normalized spacial score (nSPS) is 17.8. The van der Waals surface area contributed by atoms with Crippen molar-refractivity contribution in [2.24, 2.45) is 0 Å². The minimum Gasteiger partial charge on any atom is -0.379 e. The number of morpholine rings is 1. The molecule has 0 spiro atoms. The van der Waals surface area contributed by atoms with Gasteiger partial charge in [-0.2, -0.15) is 0 Å². The summed E-state index contributed by atoms with van der Waals surface area (Å²) in [5, 5.41) is 0.596. The molecule has 2 aliphatic rings. The summed E-state index contributed by atoms with van der Waals surface area (Å²) in [7, 11) is 0. The molecule has 0 atom stereocenters. The Morgan fingerprint density at radius 2 is 1.60 bits per heavy atom. The average Bonchev–Trinajstić information content (AvgIpc) is 3.02. The molecule has 2 aromatic rings. The van der Waals surface area contributed by atoms with E-state index in [1.54, 1.807) is 24.3 Å². The molecule has 1 saturated heterocycles. The van der Waals surface area contributed by atoms with Crippen LogP contribution in [0.5, 0.6) is 0 Å². The Balaban J connectivity index is 1.56. The standard InChI is InChI=1S/C23H23ClN2O3S/c24-19-8-6-18(7-9-19)20-21(30-16-17-4-2-1-3-5-17)23(28)26(22(20)27)11-10-25-12-14-29-15-13-25/h1-9H,10-16H2. The minimum atomic E-state index is -0.230. The lowest BCUT2D eigenvalue weighted by molar-refractivity contribution is -0.136. The van der Waals surface area contributed by atoms with Gasteiger partial charge in [-0.3, -0.25) is 19.4 Å². The number of imide groups is 1. The van der Waals surface area contributed by atoms with Gasteiger partial charge in [0.1, 0.15) is 0 Å². The van der Waals surface area contributed by atoms with Crippen LogP contribution in [0.2, 0.25) is 5.02 Å². The van der Waals surface area contributed by atoms with Crippen LogP contribution in [-0.2, 0) is 20.1 Å². The number of rotatable bonds is 7. The molecule has 0 N–H and O–H groups in total. The lowest BCUT2D eigenvalue weighted by atomic mass is 10.1. The topological polar surface area (TPSA) is 49.9 Å². The third-order valence-electron chi connectivity index (χ3n) is 5.23. The Hall–Kier alpha value is -2.12. The van der Waals surface area contributed by atoms with Crippen molar-refractivity contribution in [3.05, 3.63) is 75.7 Å². The second-order valence-electron chi connectivity index (χ2n) is 7.20. The number of hydrogen-bond acceptors (Lipinski definition) is 5. The van der Waals surface area contributed by atoms with Crippen LogP contribution in [0, 0.1) is 0 Å². The van der Waals surface area contributed by atoms with E-state index in [9.17, 15) is 9.59 Å². The Kier molecular flexibility index (Phi) is 6.89. The fourth-order valence-corrected chi connectivity index (χ4v) is 4.77. The Bertz CT molecular complexity index is 941. The van der Waals surface area contributed by atoms with Gasteiger partial charge in [-0.25, -0.2) is 0 Å². The molecular weight excluding hydrogens is 420 g/mol. The number of hydrogen-bond donors (Lipinski definition) is 0. The molecule has 2 amide bonds. The summed E-state index contributed by atoms with van der Waals surface area (Å²) in [5.74, 6) is 0.189. The van der Waals surface area contributed by atoms with E-state index in [0.717, 1.165) is 24.2 Å². The molecule has 5 nitrogen and oxygen atoms in total. The smallest absolute Gasteiger partial charge is 0.268 e. The molecule has 4 rings (SSSR count). The summed E-state index contributed by atoms with van der Waals surface area (Å²) in [6.07, 6.45) is 0. The van der Waals surface area contributed by atoms with Crippen molar-refractivity contribution in [3.8, 4) is 0 Å². The van der Waals surface area contributed by atoms with Gasteiger partial charge in [0, 0.05) is 37.0 Å². The fourth-order valence-electron chi connectivity index (χ4n) is 3.56. The predicted molar refractivity (Wildman–Crippen MR) is 120 cm³/mol. The molecule has 30 heavy (non-hydrogen) atoms. The maximum absolute atomic E-state index is 13.3. The second kappa shape index (κ2) is 9.79. The number of benzene rings is 2. The number of amides is 2. The number of halogens is 1. The molecule has 2 aromatic carbocycles. The quantitative estimate of drug-likeness (QED) is 0.612. The van der Waals surface area contributed by atoms with Crippen LogP contribution in [-0.4, -0.2) is 61.0 Å². The van der Waals surface area contributed by atoms with Gasteiger partial charge in [0.05, 0.1) is 23.7 Å². The first-order valence-electron chi connectivity index (χ1n) is 9.97. The Labute approximate surface area is 185 Å². The number of ether oxygens (including phenoxy) is 1. The van der Waals surface area contributed by atoms with Crippen molar-refractivity contribution in [1.82, 2.24) is 9.80 Å². The SMILES string of the molecule is O=C1C(SCc2ccccc2)=C(c2ccc(Cl)cc2)C(=O)N1CCN1CCOCC1. The van der Waals surface area contributed by atoms with E-state index in [4.69, 9.17) is 16.3 Å². The first kappa shape index (κ1) is 21.1. The lowest BCUT2D eigenvalue weighted by Crippen LogP contribution is -2.43. The summed E-state index contributed by atoms with van der Waals surface area (Å²) >= 11 is 7.45. The van der Waals surface area contributed by atoms with Gasteiger partial charge >= 0.3 is 0 Å². The molecule has 1 fully saturated rings. The number of carbonyl (C=O) groups excluding carboxylic acids is 2. The summed E-state index contributed by atoms with van der Waals surface area (Å²) in [5.41, 5.74) is 2.30. The molecule has 7 heteroatoms. The molecular formula is C23H23ClN2O3S. The molecule has 0 radical (unpaired) electrons. The Morgan fingerprint density at radius 1 is 0.900 bits per heavy atom. The summed E-state index contributed by atoms with van der Waals surface area (Å²) < 4.78 is 5.38.